The topological polar surface area (TPSA) is 73.1 Å². The van der Waals surface area contributed by atoms with E-state index in [0.717, 1.165) is 34.4 Å². The first-order valence-electron chi connectivity index (χ1n) is 9.56. The SMILES string of the molecule is CC1(C)Cc2nc3oc4c(NC5CCCCC5)ncnc4c3cc2CO1. The number of nitrogens with one attached hydrogen (secondary N) is 1. The van der Waals surface area contributed by atoms with E-state index in [9.17, 15) is 0 Å². The van der Waals surface area contributed by atoms with Crippen LogP contribution >= 0.6 is 0 Å². The Morgan fingerprint density at radius 1 is 1.15 bits per heavy atom. The summed E-state index contributed by atoms with van der Waals surface area (Å²) in [5.41, 5.74) is 4.18. The van der Waals surface area contributed by atoms with Crippen LogP contribution in [-0.2, 0) is 17.8 Å². The van der Waals surface area contributed by atoms with Gasteiger partial charge in [-0.05, 0) is 32.8 Å². The van der Waals surface area contributed by atoms with Gasteiger partial charge >= 0.3 is 0 Å². The largest absolute Gasteiger partial charge is 0.432 e. The average Bonchev–Trinajstić information content (AvgIpc) is 2.99. The van der Waals surface area contributed by atoms with Gasteiger partial charge in [0.1, 0.15) is 11.8 Å². The standard InChI is InChI=1S/C20H24N4O2/c1-20(2)9-15-12(10-25-20)8-14-16-17(26-19(14)24-15)18(22-11-21-16)23-13-6-4-3-5-7-13/h8,11,13H,3-7,9-10H2,1-2H3,(H,21,22,23). The highest BCUT2D eigenvalue weighted by atomic mass is 16.5. The summed E-state index contributed by atoms with van der Waals surface area (Å²) < 4.78 is 12.1. The molecule has 0 aromatic carbocycles. The molecule has 26 heavy (non-hydrogen) atoms. The maximum atomic E-state index is 6.12. The van der Waals surface area contributed by atoms with E-state index in [2.05, 4.69) is 35.2 Å². The maximum Gasteiger partial charge on any atom is 0.229 e. The second kappa shape index (κ2) is 5.91. The van der Waals surface area contributed by atoms with E-state index >= 15 is 0 Å². The van der Waals surface area contributed by atoms with E-state index < -0.39 is 0 Å². The van der Waals surface area contributed by atoms with E-state index in [1.807, 2.05) is 0 Å². The summed E-state index contributed by atoms with van der Waals surface area (Å²) in [4.78, 5) is 13.7. The molecule has 6 nitrogen and oxygen atoms in total. The van der Waals surface area contributed by atoms with Crippen LogP contribution in [0, 0.1) is 0 Å². The van der Waals surface area contributed by atoms with Gasteiger partial charge in [-0.1, -0.05) is 19.3 Å². The van der Waals surface area contributed by atoms with E-state index in [-0.39, 0.29) is 5.60 Å². The third-order valence-corrected chi connectivity index (χ3v) is 5.57. The second-order valence-corrected chi connectivity index (χ2v) is 8.15. The predicted octanol–water partition coefficient (Wildman–Crippen LogP) is 4.37. The molecule has 6 heteroatoms. The van der Waals surface area contributed by atoms with Gasteiger partial charge in [0, 0.05) is 18.0 Å². The zero-order chi connectivity index (χ0) is 17.7. The van der Waals surface area contributed by atoms with Gasteiger partial charge in [0.15, 0.2) is 11.4 Å². The fraction of sp³-hybridized carbons (Fsp3) is 0.550. The lowest BCUT2D eigenvalue weighted by Crippen LogP contribution is -2.32. The average molecular weight is 352 g/mol. The lowest BCUT2D eigenvalue weighted by atomic mass is 9.95. The minimum absolute atomic E-state index is 0.187. The van der Waals surface area contributed by atoms with Gasteiger partial charge in [-0.3, -0.25) is 0 Å². The second-order valence-electron chi connectivity index (χ2n) is 8.15. The summed E-state index contributed by atoms with van der Waals surface area (Å²) in [6.45, 7) is 4.77. The van der Waals surface area contributed by atoms with Crippen LogP contribution in [0.25, 0.3) is 22.2 Å². The molecule has 0 bridgehead atoms. The Labute approximate surface area is 152 Å². The van der Waals surface area contributed by atoms with Crippen LogP contribution in [0.2, 0.25) is 0 Å². The highest BCUT2D eigenvalue weighted by Crippen LogP contribution is 2.35. The lowest BCUT2D eigenvalue weighted by Gasteiger charge is -2.30. The Bertz CT molecular complexity index is 973. The number of furan rings is 1. The number of rotatable bonds is 2. The van der Waals surface area contributed by atoms with Gasteiger partial charge in [0.25, 0.3) is 0 Å². The highest BCUT2D eigenvalue weighted by molar-refractivity contribution is 6.04. The summed E-state index contributed by atoms with van der Waals surface area (Å²) in [6.07, 6.45) is 8.65. The minimum atomic E-state index is -0.187. The van der Waals surface area contributed by atoms with Crippen LogP contribution in [0.4, 0.5) is 5.82 Å². The smallest absolute Gasteiger partial charge is 0.229 e. The molecule has 1 saturated carbocycles. The molecule has 1 N–H and O–H groups in total. The van der Waals surface area contributed by atoms with Crippen molar-refractivity contribution in [1.82, 2.24) is 15.0 Å². The lowest BCUT2D eigenvalue weighted by molar-refractivity contribution is -0.0411. The molecule has 3 aromatic rings. The van der Waals surface area contributed by atoms with Crippen molar-refractivity contribution in [2.24, 2.45) is 0 Å². The van der Waals surface area contributed by atoms with Gasteiger partial charge in [-0.15, -0.1) is 0 Å². The Morgan fingerprint density at radius 3 is 2.85 bits per heavy atom. The Morgan fingerprint density at radius 2 is 2.00 bits per heavy atom. The number of hydrogen-bond donors (Lipinski definition) is 1. The fourth-order valence-electron chi connectivity index (χ4n) is 4.13. The molecule has 0 atom stereocenters. The molecule has 1 aliphatic carbocycles. The number of nitrogens with zero attached hydrogens (tertiary/aromatic N) is 3. The summed E-state index contributed by atoms with van der Waals surface area (Å²) in [6, 6.07) is 2.58. The van der Waals surface area contributed by atoms with Gasteiger partial charge in [-0.2, -0.15) is 0 Å². The van der Waals surface area contributed by atoms with E-state index in [1.165, 1.54) is 32.1 Å². The van der Waals surface area contributed by atoms with Gasteiger partial charge in [0.2, 0.25) is 5.71 Å². The van der Waals surface area contributed by atoms with Crippen LogP contribution in [0.1, 0.15) is 57.2 Å². The highest BCUT2D eigenvalue weighted by Gasteiger charge is 2.28. The van der Waals surface area contributed by atoms with Crippen molar-refractivity contribution in [3.63, 3.8) is 0 Å². The molecule has 5 rings (SSSR count). The van der Waals surface area contributed by atoms with Crippen molar-refractivity contribution in [2.45, 2.75) is 70.6 Å². The molecule has 0 radical (unpaired) electrons. The van der Waals surface area contributed by atoms with Crippen molar-refractivity contribution < 1.29 is 9.15 Å². The quantitative estimate of drug-likeness (QED) is 0.738. The van der Waals surface area contributed by atoms with Gasteiger partial charge in [0.05, 0.1) is 23.3 Å². The van der Waals surface area contributed by atoms with Gasteiger partial charge < -0.3 is 14.5 Å². The molecule has 136 valence electrons. The fourth-order valence-corrected chi connectivity index (χ4v) is 4.13. The minimum Gasteiger partial charge on any atom is -0.432 e. The van der Waals surface area contributed by atoms with E-state index in [0.29, 0.717) is 23.9 Å². The Balaban J connectivity index is 1.59. The van der Waals surface area contributed by atoms with Crippen molar-refractivity contribution >= 4 is 28.0 Å². The first-order valence-corrected chi connectivity index (χ1v) is 9.56. The number of fused-ring (bicyclic) bond motifs is 4. The molecule has 1 fully saturated rings. The summed E-state index contributed by atoms with van der Waals surface area (Å²) in [5.74, 6) is 0.787. The predicted molar refractivity (Wildman–Crippen MR) is 100 cm³/mol. The third kappa shape index (κ3) is 2.72. The molecule has 4 heterocycles. The Kier molecular flexibility index (Phi) is 3.64. The van der Waals surface area contributed by atoms with E-state index in [4.69, 9.17) is 14.1 Å². The van der Waals surface area contributed by atoms with Crippen molar-refractivity contribution in [2.75, 3.05) is 5.32 Å². The van der Waals surface area contributed by atoms with Crippen LogP contribution in [0.15, 0.2) is 16.8 Å². The molecule has 0 unspecified atom stereocenters. The monoisotopic (exact) mass is 352 g/mol. The molecular formula is C20H24N4O2. The van der Waals surface area contributed by atoms with Crippen molar-refractivity contribution in [1.29, 1.82) is 0 Å². The zero-order valence-corrected chi connectivity index (χ0v) is 15.3. The Hall–Kier alpha value is -2.21. The van der Waals surface area contributed by atoms with Gasteiger partial charge in [-0.25, -0.2) is 15.0 Å². The van der Waals surface area contributed by atoms with Crippen LogP contribution < -0.4 is 5.32 Å². The third-order valence-electron chi connectivity index (χ3n) is 5.57. The number of pyridine rings is 1. The summed E-state index contributed by atoms with van der Waals surface area (Å²) in [7, 11) is 0. The first kappa shape index (κ1) is 16.0. The molecule has 3 aromatic heterocycles. The molecule has 0 amide bonds. The van der Waals surface area contributed by atoms with Crippen LogP contribution in [0.5, 0.6) is 0 Å². The van der Waals surface area contributed by atoms with Crippen LogP contribution in [0.3, 0.4) is 0 Å². The molecule has 0 saturated heterocycles. The number of ether oxygens (including phenoxy) is 1. The first-order chi connectivity index (χ1) is 12.6. The van der Waals surface area contributed by atoms with Crippen molar-refractivity contribution in [3.8, 4) is 0 Å². The molecule has 2 aliphatic rings. The number of anilines is 1. The summed E-state index contributed by atoms with van der Waals surface area (Å²) in [5, 5.41) is 4.51. The molecule has 0 spiro atoms. The molecular weight excluding hydrogens is 328 g/mol. The summed E-state index contributed by atoms with van der Waals surface area (Å²) >= 11 is 0. The normalized spacial score (nSPS) is 20.4. The van der Waals surface area contributed by atoms with Crippen LogP contribution in [-0.4, -0.2) is 26.6 Å². The zero-order valence-electron chi connectivity index (χ0n) is 15.3. The van der Waals surface area contributed by atoms with Crippen molar-refractivity contribution in [3.05, 3.63) is 23.7 Å². The number of aromatic nitrogens is 3. The maximum absolute atomic E-state index is 6.12. The molecule has 1 aliphatic heterocycles. The number of hydrogen-bond acceptors (Lipinski definition) is 6. The van der Waals surface area contributed by atoms with E-state index in [1.54, 1.807) is 6.33 Å².